The smallest absolute Gasteiger partial charge is 0.444 e. The van der Waals surface area contributed by atoms with Crippen LogP contribution in [-0.4, -0.2) is 44.9 Å². The molecule has 1 aliphatic heterocycles. The minimum atomic E-state index is -1.74. The van der Waals surface area contributed by atoms with Crippen LogP contribution in [0.2, 0.25) is 0 Å². The summed E-state index contributed by atoms with van der Waals surface area (Å²) in [6.45, 7) is 9.31. The molecule has 0 aliphatic carbocycles. The Morgan fingerprint density at radius 2 is 2.00 bits per heavy atom. The molecule has 1 aliphatic rings. The Balaban J connectivity index is 1.97. The monoisotopic (exact) mass is 401 g/mol. The van der Waals surface area contributed by atoms with Crippen LogP contribution < -0.4 is 10.8 Å². The Morgan fingerprint density at radius 1 is 1.29 bits per heavy atom. The predicted octanol–water partition coefficient (Wildman–Crippen LogP) is 2.86. The van der Waals surface area contributed by atoms with Crippen LogP contribution in [0.1, 0.15) is 45.6 Å². The van der Waals surface area contributed by atoms with Crippen molar-refractivity contribution in [2.45, 2.75) is 51.5 Å². The second-order valence-corrected chi connectivity index (χ2v) is 9.13. The average molecular weight is 401 g/mol. The van der Waals surface area contributed by atoms with E-state index >= 15 is 0 Å². The number of aromatic nitrogens is 1. The first-order valence-corrected chi connectivity index (χ1v) is 9.93. The van der Waals surface area contributed by atoms with Crippen molar-refractivity contribution in [2.75, 3.05) is 5.32 Å². The van der Waals surface area contributed by atoms with Gasteiger partial charge in [-0.2, -0.15) is 0 Å². The van der Waals surface area contributed by atoms with E-state index in [9.17, 15) is 14.8 Å². The van der Waals surface area contributed by atoms with Gasteiger partial charge >= 0.3 is 13.2 Å². The van der Waals surface area contributed by atoms with Crippen LogP contribution >= 0.6 is 11.8 Å². The number of ether oxygens (including phenoxy) is 1. The summed E-state index contributed by atoms with van der Waals surface area (Å²) in [4.78, 5) is 21.4. The van der Waals surface area contributed by atoms with Gasteiger partial charge in [-0.25, -0.2) is 4.79 Å². The van der Waals surface area contributed by atoms with Crippen LogP contribution in [0.3, 0.4) is 0 Å². The largest absolute Gasteiger partial charge is 0.490 e. The minimum Gasteiger partial charge on any atom is -0.444 e. The second kappa shape index (κ2) is 7.73. The van der Waals surface area contributed by atoms with Crippen LogP contribution in [0.5, 0.6) is 0 Å². The number of anilines is 1. The fourth-order valence-corrected chi connectivity index (χ4v) is 4.18. The highest BCUT2D eigenvalue weighted by Gasteiger charge is 2.28. The molecule has 28 heavy (non-hydrogen) atoms. The van der Waals surface area contributed by atoms with Crippen molar-refractivity contribution in [1.82, 2.24) is 4.98 Å². The van der Waals surface area contributed by atoms with Crippen molar-refractivity contribution in [1.29, 1.82) is 0 Å². The highest BCUT2D eigenvalue weighted by atomic mass is 32.2. The fourth-order valence-electron chi connectivity index (χ4n) is 3.07. The molecular formula is C19H24BN3O4S. The van der Waals surface area contributed by atoms with E-state index < -0.39 is 18.8 Å². The third kappa shape index (κ3) is 4.66. The van der Waals surface area contributed by atoms with E-state index in [1.165, 1.54) is 0 Å². The van der Waals surface area contributed by atoms with Gasteiger partial charge in [-0.1, -0.05) is 23.9 Å². The highest BCUT2D eigenvalue weighted by Crippen LogP contribution is 2.39. The van der Waals surface area contributed by atoms with Gasteiger partial charge in [-0.15, -0.1) is 0 Å². The second-order valence-electron chi connectivity index (χ2n) is 7.80. The van der Waals surface area contributed by atoms with E-state index in [1.807, 2.05) is 19.1 Å². The lowest BCUT2D eigenvalue weighted by atomic mass is 9.78. The number of aliphatic imine (C=N–C) groups is 1. The van der Waals surface area contributed by atoms with Crippen molar-refractivity contribution < 1.29 is 19.6 Å². The predicted molar refractivity (Wildman–Crippen MR) is 114 cm³/mol. The first kappa shape index (κ1) is 20.6. The number of rotatable bonds is 3. The topological polar surface area (TPSA) is 104 Å². The van der Waals surface area contributed by atoms with Gasteiger partial charge in [-0.3, -0.25) is 15.3 Å². The Hall–Kier alpha value is -2.10. The van der Waals surface area contributed by atoms with Gasteiger partial charge in [0.25, 0.3) is 0 Å². The SMILES string of the molecule is CC1=NC(C)C(c2ccc3cc(B(O)O)c(NC(=O)OC(C)(C)C)cc3n2)S1. The summed E-state index contributed by atoms with van der Waals surface area (Å²) < 4.78 is 5.27. The summed E-state index contributed by atoms with van der Waals surface area (Å²) in [5.74, 6) is 0. The number of fused-ring (bicyclic) bond motifs is 1. The molecule has 2 aromatic rings. The number of nitrogens with one attached hydrogen (secondary N) is 1. The van der Waals surface area contributed by atoms with Gasteiger partial charge in [0.05, 0.1) is 27.5 Å². The third-order valence-electron chi connectivity index (χ3n) is 4.21. The first-order chi connectivity index (χ1) is 13.0. The van der Waals surface area contributed by atoms with Crippen molar-refractivity contribution in [2.24, 2.45) is 4.99 Å². The van der Waals surface area contributed by atoms with E-state index in [2.05, 4.69) is 17.2 Å². The van der Waals surface area contributed by atoms with E-state index in [0.29, 0.717) is 5.52 Å². The van der Waals surface area contributed by atoms with Crippen LogP contribution in [0, 0.1) is 0 Å². The molecule has 0 saturated heterocycles. The molecular weight excluding hydrogens is 377 g/mol. The molecule has 0 saturated carbocycles. The van der Waals surface area contributed by atoms with Crippen molar-refractivity contribution in [3.8, 4) is 0 Å². The number of hydrogen-bond acceptors (Lipinski definition) is 7. The molecule has 2 atom stereocenters. The van der Waals surface area contributed by atoms with E-state index in [0.717, 1.165) is 16.1 Å². The zero-order chi connectivity index (χ0) is 20.6. The van der Waals surface area contributed by atoms with Gasteiger partial charge in [0.2, 0.25) is 0 Å². The van der Waals surface area contributed by atoms with Gasteiger partial charge in [0.15, 0.2) is 0 Å². The summed E-state index contributed by atoms with van der Waals surface area (Å²) in [5.41, 5.74) is 1.30. The minimum absolute atomic E-state index is 0.132. The molecule has 0 bridgehead atoms. The zero-order valence-corrected chi connectivity index (χ0v) is 17.4. The lowest BCUT2D eigenvalue weighted by Crippen LogP contribution is -2.35. The molecule has 3 N–H and O–H groups in total. The van der Waals surface area contributed by atoms with Crippen LogP contribution in [0.25, 0.3) is 10.9 Å². The van der Waals surface area contributed by atoms with E-state index in [-0.39, 0.29) is 22.4 Å². The van der Waals surface area contributed by atoms with Crippen molar-refractivity contribution in [3.63, 3.8) is 0 Å². The standard InChI is InChI=1S/C19H24BN3O4S/c1-10-17(28-11(2)21-10)14-7-6-12-8-13(20(25)26)16(9-15(12)22-14)23-18(24)27-19(3,4)5/h6-10,17,25-26H,1-5H3,(H,23,24). The molecule has 1 aromatic carbocycles. The normalized spacial score (nSPS) is 19.5. The summed E-state index contributed by atoms with van der Waals surface area (Å²) in [6, 6.07) is 7.19. The maximum absolute atomic E-state index is 12.2. The Kier molecular flexibility index (Phi) is 5.70. The lowest BCUT2D eigenvalue weighted by molar-refractivity contribution is 0.0636. The zero-order valence-electron chi connectivity index (χ0n) is 16.6. The summed E-state index contributed by atoms with van der Waals surface area (Å²) in [5, 5.41) is 24.0. The van der Waals surface area contributed by atoms with E-state index in [4.69, 9.17) is 9.72 Å². The summed E-state index contributed by atoms with van der Waals surface area (Å²) in [7, 11) is -1.74. The maximum atomic E-state index is 12.2. The van der Waals surface area contributed by atoms with Gasteiger partial charge in [-0.05, 0) is 52.1 Å². The molecule has 1 aromatic heterocycles. The molecule has 0 fully saturated rings. The molecule has 2 unspecified atom stereocenters. The number of carbonyl (C=O) groups is 1. The molecule has 7 nitrogen and oxygen atoms in total. The molecule has 2 heterocycles. The number of amides is 1. The number of pyridine rings is 1. The van der Waals surface area contributed by atoms with Crippen LogP contribution in [0.15, 0.2) is 29.3 Å². The molecule has 1 amide bonds. The van der Waals surface area contributed by atoms with Crippen molar-refractivity contribution >= 4 is 52.1 Å². The third-order valence-corrected chi connectivity index (χ3v) is 5.54. The summed E-state index contributed by atoms with van der Waals surface area (Å²) >= 11 is 1.68. The van der Waals surface area contributed by atoms with Crippen LogP contribution in [0.4, 0.5) is 10.5 Å². The van der Waals surface area contributed by atoms with Gasteiger partial charge in [0.1, 0.15) is 5.60 Å². The van der Waals surface area contributed by atoms with Gasteiger partial charge < -0.3 is 14.8 Å². The summed E-state index contributed by atoms with van der Waals surface area (Å²) in [6.07, 6.45) is -0.672. The molecule has 9 heteroatoms. The van der Waals surface area contributed by atoms with Crippen LogP contribution in [-0.2, 0) is 4.74 Å². The van der Waals surface area contributed by atoms with E-state index in [1.54, 1.807) is 44.7 Å². The quantitative estimate of drug-likeness (QED) is 0.684. The fraction of sp³-hybridized carbons (Fsp3) is 0.421. The molecule has 3 rings (SSSR count). The van der Waals surface area contributed by atoms with Gasteiger partial charge in [0, 0.05) is 11.2 Å². The maximum Gasteiger partial charge on any atom is 0.490 e. The first-order valence-electron chi connectivity index (χ1n) is 9.05. The number of hydrogen-bond donors (Lipinski definition) is 3. The Morgan fingerprint density at radius 3 is 2.57 bits per heavy atom. The highest BCUT2D eigenvalue weighted by molar-refractivity contribution is 8.14. The molecule has 0 spiro atoms. The number of nitrogens with zero attached hydrogens (tertiary/aromatic N) is 2. The number of carbonyl (C=O) groups excluding carboxylic acids is 1. The van der Waals surface area contributed by atoms with Crippen molar-refractivity contribution in [3.05, 3.63) is 30.0 Å². The molecule has 148 valence electrons. The lowest BCUT2D eigenvalue weighted by Gasteiger charge is -2.21. The molecule has 0 radical (unpaired) electrons. The number of benzene rings is 1. The Labute approximate surface area is 168 Å². The number of thioether (sulfide) groups is 1. The Bertz CT molecular complexity index is 943. The average Bonchev–Trinajstić information content (AvgIpc) is 2.90.